The molecule has 2 aromatic carbocycles. The van der Waals surface area contributed by atoms with Crippen molar-refractivity contribution in [1.82, 2.24) is 5.32 Å². The van der Waals surface area contributed by atoms with Gasteiger partial charge in [0.05, 0.1) is 7.11 Å². The monoisotopic (exact) mass is 346 g/mol. The summed E-state index contributed by atoms with van der Waals surface area (Å²) in [6.07, 6.45) is 3.41. The van der Waals surface area contributed by atoms with Crippen LogP contribution in [0.2, 0.25) is 0 Å². The van der Waals surface area contributed by atoms with Gasteiger partial charge >= 0.3 is 6.03 Å². The van der Waals surface area contributed by atoms with Crippen LogP contribution in [0.3, 0.4) is 0 Å². The quantitative estimate of drug-likeness (QED) is 0.869. The molecule has 2 rings (SSSR count). The number of nitrogens with one attached hydrogen (secondary N) is 2. The first-order chi connectivity index (χ1) is 10.2. The minimum absolute atomic E-state index is 0.302. The molecule has 108 valence electrons. The lowest BCUT2D eigenvalue weighted by molar-refractivity contribution is 0.255. The predicted octanol–water partition coefficient (Wildman–Crippen LogP) is 4.25. The zero-order valence-corrected chi connectivity index (χ0v) is 13.1. The van der Waals surface area contributed by atoms with Crippen LogP contribution < -0.4 is 15.4 Å². The largest absolute Gasteiger partial charge is 0.497 e. The number of rotatable bonds is 4. The molecule has 0 radical (unpaired) electrons. The maximum absolute atomic E-state index is 11.7. The summed E-state index contributed by atoms with van der Waals surface area (Å²) in [6, 6.07) is 14.6. The fraction of sp³-hybridized carbons (Fsp3) is 0.0625. The van der Waals surface area contributed by atoms with Gasteiger partial charge in [-0.2, -0.15) is 0 Å². The number of benzene rings is 2. The molecule has 2 aromatic rings. The molecule has 0 aliphatic carbocycles. The number of hydrogen-bond donors (Lipinski definition) is 2. The molecular weight excluding hydrogens is 332 g/mol. The van der Waals surface area contributed by atoms with Crippen LogP contribution in [0.25, 0.3) is 6.08 Å². The van der Waals surface area contributed by atoms with Crippen LogP contribution in [-0.4, -0.2) is 13.1 Å². The summed E-state index contributed by atoms with van der Waals surface area (Å²) in [4.78, 5) is 11.7. The number of amides is 2. The van der Waals surface area contributed by atoms with E-state index in [-0.39, 0.29) is 6.03 Å². The highest BCUT2D eigenvalue weighted by Crippen LogP contribution is 2.17. The molecule has 2 amide bonds. The molecule has 5 heteroatoms. The van der Waals surface area contributed by atoms with E-state index in [0.29, 0.717) is 5.69 Å². The van der Waals surface area contributed by atoms with Gasteiger partial charge in [0.15, 0.2) is 0 Å². The molecule has 2 N–H and O–H groups in total. The number of carbonyl (C=O) groups is 1. The number of halogens is 1. The van der Waals surface area contributed by atoms with Gasteiger partial charge in [0.2, 0.25) is 0 Å². The second kappa shape index (κ2) is 7.50. The molecule has 0 aromatic heterocycles. The molecule has 0 aliphatic rings. The van der Waals surface area contributed by atoms with Gasteiger partial charge in [0, 0.05) is 16.4 Å². The van der Waals surface area contributed by atoms with Crippen molar-refractivity contribution < 1.29 is 9.53 Å². The second-order valence-electron chi connectivity index (χ2n) is 4.18. The zero-order chi connectivity index (χ0) is 15.1. The lowest BCUT2D eigenvalue weighted by Crippen LogP contribution is -2.23. The van der Waals surface area contributed by atoms with E-state index in [0.717, 1.165) is 15.8 Å². The first-order valence-corrected chi connectivity index (χ1v) is 7.11. The smallest absolute Gasteiger partial charge is 0.323 e. The summed E-state index contributed by atoms with van der Waals surface area (Å²) in [5.41, 5.74) is 1.69. The average molecular weight is 347 g/mol. The Morgan fingerprint density at radius 3 is 2.52 bits per heavy atom. The van der Waals surface area contributed by atoms with Gasteiger partial charge < -0.3 is 15.4 Å². The average Bonchev–Trinajstić information content (AvgIpc) is 2.50. The number of urea groups is 1. The Morgan fingerprint density at radius 1 is 1.14 bits per heavy atom. The van der Waals surface area contributed by atoms with Crippen LogP contribution in [0.15, 0.2) is 59.2 Å². The molecule has 0 fully saturated rings. The number of anilines is 1. The van der Waals surface area contributed by atoms with E-state index in [2.05, 4.69) is 26.6 Å². The molecule has 0 saturated carbocycles. The molecule has 0 unspecified atom stereocenters. The number of ether oxygens (including phenoxy) is 1. The van der Waals surface area contributed by atoms with Crippen molar-refractivity contribution in [2.45, 2.75) is 0 Å². The number of methoxy groups -OCH3 is 1. The second-order valence-corrected chi connectivity index (χ2v) is 5.04. The molecule has 0 spiro atoms. The van der Waals surface area contributed by atoms with Gasteiger partial charge in [-0.1, -0.05) is 34.1 Å². The maximum Gasteiger partial charge on any atom is 0.323 e. The van der Waals surface area contributed by atoms with Crippen LogP contribution in [0.5, 0.6) is 5.75 Å². The Balaban J connectivity index is 1.88. The predicted molar refractivity (Wildman–Crippen MR) is 88.3 cm³/mol. The van der Waals surface area contributed by atoms with Crippen LogP contribution in [0, 0.1) is 0 Å². The summed E-state index contributed by atoms with van der Waals surface area (Å²) < 4.78 is 6.03. The summed E-state index contributed by atoms with van der Waals surface area (Å²) >= 11 is 3.44. The maximum atomic E-state index is 11.7. The summed E-state index contributed by atoms with van der Waals surface area (Å²) in [7, 11) is 1.60. The van der Waals surface area contributed by atoms with E-state index in [1.54, 1.807) is 37.6 Å². The molecular formula is C16H15BrN2O2. The Kier molecular flexibility index (Phi) is 5.40. The summed E-state index contributed by atoms with van der Waals surface area (Å²) in [5, 5.41) is 5.38. The minimum atomic E-state index is -0.302. The summed E-state index contributed by atoms with van der Waals surface area (Å²) in [6.45, 7) is 0. The Bertz CT molecular complexity index is 639. The van der Waals surface area contributed by atoms with Gasteiger partial charge in [0.1, 0.15) is 5.75 Å². The fourth-order valence-electron chi connectivity index (χ4n) is 1.66. The molecule has 0 saturated heterocycles. The van der Waals surface area contributed by atoms with Crippen molar-refractivity contribution in [2.75, 3.05) is 12.4 Å². The van der Waals surface area contributed by atoms with E-state index < -0.39 is 0 Å². The normalized spacial score (nSPS) is 10.4. The van der Waals surface area contributed by atoms with Crippen molar-refractivity contribution in [2.24, 2.45) is 0 Å². The highest BCUT2D eigenvalue weighted by atomic mass is 79.9. The molecule has 0 bridgehead atoms. The van der Waals surface area contributed by atoms with Crippen molar-refractivity contribution in [3.63, 3.8) is 0 Å². The third-order valence-corrected chi connectivity index (χ3v) is 3.45. The van der Waals surface area contributed by atoms with E-state index in [1.807, 2.05) is 30.3 Å². The highest BCUT2D eigenvalue weighted by molar-refractivity contribution is 9.10. The van der Waals surface area contributed by atoms with Crippen LogP contribution >= 0.6 is 15.9 Å². The van der Waals surface area contributed by atoms with Crippen LogP contribution in [0.4, 0.5) is 10.5 Å². The fourth-order valence-corrected chi connectivity index (χ4v) is 2.08. The van der Waals surface area contributed by atoms with Crippen LogP contribution in [-0.2, 0) is 0 Å². The Labute approximate surface area is 132 Å². The van der Waals surface area contributed by atoms with Gasteiger partial charge in [0.25, 0.3) is 0 Å². The molecule has 0 aliphatic heterocycles. The minimum Gasteiger partial charge on any atom is -0.497 e. The Morgan fingerprint density at radius 2 is 1.86 bits per heavy atom. The van der Waals surface area contributed by atoms with E-state index in [4.69, 9.17) is 4.74 Å². The lowest BCUT2D eigenvalue weighted by Gasteiger charge is -2.05. The topological polar surface area (TPSA) is 50.4 Å². The standard InChI is InChI=1S/C16H15BrN2O2/c1-21-14-8-6-13(7-9-14)19-16(20)18-11-10-12-4-2-3-5-15(12)17/h2-11H,1H3,(H2,18,19,20)/b11-10+. The van der Waals surface area contributed by atoms with E-state index in [1.165, 1.54) is 0 Å². The van der Waals surface area contributed by atoms with Gasteiger partial charge in [-0.15, -0.1) is 0 Å². The van der Waals surface area contributed by atoms with E-state index in [9.17, 15) is 4.79 Å². The van der Waals surface area contributed by atoms with Crippen molar-refractivity contribution in [3.8, 4) is 5.75 Å². The first kappa shape index (κ1) is 15.1. The number of carbonyl (C=O) groups excluding carboxylic acids is 1. The van der Waals surface area contributed by atoms with Crippen molar-refractivity contribution in [1.29, 1.82) is 0 Å². The SMILES string of the molecule is COc1ccc(NC(=O)N/C=C/c2ccccc2Br)cc1. The molecule has 4 nitrogen and oxygen atoms in total. The molecule has 0 heterocycles. The highest BCUT2D eigenvalue weighted by Gasteiger charge is 1.99. The Hall–Kier alpha value is -2.27. The molecule has 21 heavy (non-hydrogen) atoms. The van der Waals surface area contributed by atoms with E-state index >= 15 is 0 Å². The van der Waals surface area contributed by atoms with Crippen molar-refractivity contribution in [3.05, 3.63) is 64.8 Å². The third-order valence-electron chi connectivity index (χ3n) is 2.73. The molecule has 0 atom stereocenters. The van der Waals surface area contributed by atoms with Gasteiger partial charge in [-0.25, -0.2) is 4.79 Å². The van der Waals surface area contributed by atoms with Gasteiger partial charge in [-0.05, 0) is 42.0 Å². The number of hydrogen-bond acceptors (Lipinski definition) is 2. The third kappa shape index (κ3) is 4.65. The first-order valence-electron chi connectivity index (χ1n) is 6.31. The lowest BCUT2D eigenvalue weighted by atomic mass is 10.2. The van der Waals surface area contributed by atoms with Crippen molar-refractivity contribution >= 4 is 33.7 Å². The zero-order valence-electron chi connectivity index (χ0n) is 11.5. The summed E-state index contributed by atoms with van der Waals surface area (Å²) in [5.74, 6) is 0.745. The van der Waals surface area contributed by atoms with Crippen LogP contribution in [0.1, 0.15) is 5.56 Å². The van der Waals surface area contributed by atoms with Gasteiger partial charge in [-0.3, -0.25) is 0 Å².